The van der Waals surface area contributed by atoms with Gasteiger partial charge in [0.1, 0.15) is 0 Å². The molecule has 0 fully saturated rings. The minimum atomic E-state index is 0.402. The first kappa shape index (κ1) is 12.8. The molecule has 0 amide bonds. The summed E-state index contributed by atoms with van der Waals surface area (Å²) in [6.07, 6.45) is 3.70. The smallest absolute Gasteiger partial charge is 0.0707 e. The van der Waals surface area contributed by atoms with Gasteiger partial charge in [-0.25, -0.2) is 0 Å². The number of nitrogens with zero attached hydrogens (tertiary/aromatic N) is 2. The van der Waals surface area contributed by atoms with Crippen molar-refractivity contribution in [2.75, 3.05) is 0 Å². The summed E-state index contributed by atoms with van der Waals surface area (Å²) >= 11 is 0. The third kappa shape index (κ3) is 1.80. The molecule has 2 heteroatoms. The highest BCUT2D eigenvalue weighted by atomic mass is 14.7. The molecular weight excluding hydrogens is 244 g/mol. The Morgan fingerprint density at radius 3 is 1.65 bits per heavy atom. The SMILES string of the molecule is C/C=N\c1cccc2c1-c1c(/N=C\C)cccc1C2C. The second kappa shape index (κ2) is 5.04. The van der Waals surface area contributed by atoms with E-state index in [9.17, 15) is 0 Å². The molecule has 100 valence electrons. The van der Waals surface area contributed by atoms with Gasteiger partial charge in [-0.15, -0.1) is 0 Å². The minimum Gasteiger partial charge on any atom is -0.261 e. The van der Waals surface area contributed by atoms with Gasteiger partial charge in [-0.2, -0.15) is 0 Å². The topological polar surface area (TPSA) is 24.7 Å². The molecule has 0 N–H and O–H groups in total. The highest BCUT2D eigenvalue weighted by Gasteiger charge is 2.29. The maximum Gasteiger partial charge on any atom is 0.0707 e. The lowest BCUT2D eigenvalue weighted by Gasteiger charge is -2.08. The predicted molar refractivity (Wildman–Crippen MR) is 87.0 cm³/mol. The van der Waals surface area contributed by atoms with E-state index in [2.05, 4.69) is 53.3 Å². The van der Waals surface area contributed by atoms with Gasteiger partial charge in [0.15, 0.2) is 0 Å². The largest absolute Gasteiger partial charge is 0.261 e. The van der Waals surface area contributed by atoms with E-state index < -0.39 is 0 Å². The maximum absolute atomic E-state index is 4.54. The number of aliphatic imine (C=N–C) groups is 2. The quantitative estimate of drug-likeness (QED) is 0.659. The number of hydrogen-bond acceptors (Lipinski definition) is 2. The fraction of sp³-hybridized carbons (Fsp3) is 0.222. The summed E-state index contributed by atoms with van der Waals surface area (Å²) in [4.78, 5) is 9.07. The molecule has 0 saturated carbocycles. The molecule has 0 radical (unpaired) electrons. The monoisotopic (exact) mass is 262 g/mol. The summed E-state index contributed by atoms with van der Waals surface area (Å²) in [5, 5.41) is 0. The van der Waals surface area contributed by atoms with E-state index in [-0.39, 0.29) is 0 Å². The van der Waals surface area contributed by atoms with Crippen LogP contribution in [0.25, 0.3) is 11.1 Å². The first-order valence-electron chi connectivity index (χ1n) is 7.01. The fourth-order valence-electron chi connectivity index (χ4n) is 3.04. The lowest BCUT2D eigenvalue weighted by molar-refractivity contribution is 0.956. The van der Waals surface area contributed by atoms with Crippen molar-refractivity contribution in [3.05, 3.63) is 47.5 Å². The standard InChI is InChI=1S/C18H18N2/c1-4-19-15-10-6-8-13-12(3)14-9-7-11-16(20-5-2)18(14)17(13)15/h4-12H,1-3H3/b19-4-,20-5-. The molecule has 20 heavy (non-hydrogen) atoms. The number of benzene rings is 2. The van der Waals surface area contributed by atoms with Gasteiger partial charge in [0, 0.05) is 29.5 Å². The van der Waals surface area contributed by atoms with E-state index >= 15 is 0 Å². The van der Waals surface area contributed by atoms with Gasteiger partial charge in [-0.1, -0.05) is 31.2 Å². The second-order valence-corrected chi connectivity index (χ2v) is 4.98. The Labute approximate surface area is 119 Å². The zero-order valence-electron chi connectivity index (χ0n) is 12.1. The Balaban J connectivity index is 2.36. The number of fused-ring (bicyclic) bond motifs is 3. The summed E-state index contributed by atoms with van der Waals surface area (Å²) in [6, 6.07) is 12.7. The van der Waals surface area contributed by atoms with Crippen LogP contribution in [0.2, 0.25) is 0 Å². The maximum atomic E-state index is 4.54. The summed E-state index contributed by atoms with van der Waals surface area (Å²) in [5.74, 6) is 0.402. The molecule has 2 aromatic carbocycles. The second-order valence-electron chi connectivity index (χ2n) is 4.98. The highest BCUT2D eigenvalue weighted by molar-refractivity contribution is 5.94. The molecule has 2 aromatic rings. The average Bonchev–Trinajstić information content (AvgIpc) is 2.76. The van der Waals surface area contributed by atoms with Crippen molar-refractivity contribution in [3.63, 3.8) is 0 Å². The van der Waals surface area contributed by atoms with Crippen LogP contribution in [0.15, 0.2) is 46.4 Å². The van der Waals surface area contributed by atoms with Crippen molar-refractivity contribution < 1.29 is 0 Å². The molecule has 0 saturated heterocycles. The van der Waals surface area contributed by atoms with E-state index in [1.54, 1.807) is 0 Å². The third-order valence-corrected chi connectivity index (χ3v) is 3.87. The van der Waals surface area contributed by atoms with E-state index in [4.69, 9.17) is 0 Å². The Morgan fingerprint density at radius 2 is 1.25 bits per heavy atom. The number of rotatable bonds is 2. The van der Waals surface area contributed by atoms with Gasteiger partial charge in [-0.05, 0) is 37.1 Å². The van der Waals surface area contributed by atoms with Crippen molar-refractivity contribution in [2.45, 2.75) is 26.7 Å². The molecule has 2 nitrogen and oxygen atoms in total. The minimum absolute atomic E-state index is 0.402. The molecular formula is C18H18N2. The molecule has 3 rings (SSSR count). The van der Waals surface area contributed by atoms with Crippen molar-refractivity contribution in [3.8, 4) is 11.1 Å². The number of hydrogen-bond donors (Lipinski definition) is 0. The van der Waals surface area contributed by atoms with Crippen LogP contribution < -0.4 is 0 Å². The van der Waals surface area contributed by atoms with E-state index in [1.165, 1.54) is 22.3 Å². The van der Waals surface area contributed by atoms with Crippen molar-refractivity contribution in [2.24, 2.45) is 9.98 Å². The van der Waals surface area contributed by atoms with E-state index in [0.29, 0.717) is 5.92 Å². The van der Waals surface area contributed by atoms with Crippen LogP contribution >= 0.6 is 0 Å². The highest BCUT2D eigenvalue weighted by Crippen LogP contribution is 2.52. The first-order chi connectivity index (χ1) is 9.77. The predicted octanol–water partition coefficient (Wildman–Crippen LogP) is 5.26. The lowest BCUT2D eigenvalue weighted by Crippen LogP contribution is -1.88. The molecule has 0 aliphatic heterocycles. The van der Waals surface area contributed by atoms with Crippen LogP contribution in [0, 0.1) is 0 Å². The molecule has 0 heterocycles. The molecule has 0 unspecified atom stereocenters. The van der Waals surface area contributed by atoms with Gasteiger partial charge >= 0.3 is 0 Å². The first-order valence-corrected chi connectivity index (χ1v) is 7.01. The van der Waals surface area contributed by atoms with Crippen LogP contribution in [0.1, 0.15) is 37.8 Å². The molecule has 1 aliphatic carbocycles. The Bertz CT molecular complexity index is 650. The summed E-state index contributed by atoms with van der Waals surface area (Å²) in [5.41, 5.74) is 7.26. The zero-order chi connectivity index (χ0) is 14.1. The molecule has 1 aliphatic rings. The van der Waals surface area contributed by atoms with E-state index in [1.807, 2.05) is 26.3 Å². The normalized spacial score (nSPS) is 14.2. The van der Waals surface area contributed by atoms with E-state index in [0.717, 1.165) is 11.4 Å². The summed E-state index contributed by atoms with van der Waals surface area (Å²) in [6.45, 7) is 6.16. The van der Waals surface area contributed by atoms with Crippen LogP contribution in [0.4, 0.5) is 11.4 Å². The lowest BCUT2D eigenvalue weighted by atomic mass is 9.99. The zero-order valence-corrected chi connectivity index (χ0v) is 12.1. The Morgan fingerprint density at radius 1 is 0.800 bits per heavy atom. The van der Waals surface area contributed by atoms with Gasteiger partial charge in [0.05, 0.1) is 11.4 Å². The molecule has 0 aromatic heterocycles. The van der Waals surface area contributed by atoms with Gasteiger partial charge in [0.25, 0.3) is 0 Å². The molecule has 0 atom stereocenters. The fourth-order valence-corrected chi connectivity index (χ4v) is 3.04. The van der Waals surface area contributed by atoms with Gasteiger partial charge in [-0.3, -0.25) is 9.98 Å². The van der Waals surface area contributed by atoms with Crippen molar-refractivity contribution in [1.29, 1.82) is 0 Å². The van der Waals surface area contributed by atoms with Crippen molar-refractivity contribution >= 4 is 23.8 Å². The molecule has 0 bridgehead atoms. The summed E-state index contributed by atoms with van der Waals surface area (Å²) < 4.78 is 0. The third-order valence-electron chi connectivity index (χ3n) is 3.87. The van der Waals surface area contributed by atoms with Gasteiger partial charge in [0.2, 0.25) is 0 Å². The van der Waals surface area contributed by atoms with Crippen molar-refractivity contribution in [1.82, 2.24) is 0 Å². The van der Waals surface area contributed by atoms with Crippen LogP contribution in [0.5, 0.6) is 0 Å². The molecule has 0 spiro atoms. The van der Waals surface area contributed by atoms with Crippen LogP contribution in [-0.4, -0.2) is 12.4 Å². The Hall–Kier alpha value is -2.22. The van der Waals surface area contributed by atoms with Crippen LogP contribution in [0.3, 0.4) is 0 Å². The van der Waals surface area contributed by atoms with Crippen LogP contribution in [-0.2, 0) is 0 Å². The average molecular weight is 262 g/mol. The van der Waals surface area contributed by atoms with Gasteiger partial charge < -0.3 is 0 Å². The Kier molecular flexibility index (Phi) is 3.23. The summed E-state index contributed by atoms with van der Waals surface area (Å²) in [7, 11) is 0.